The van der Waals surface area contributed by atoms with Gasteiger partial charge in [0.25, 0.3) is 0 Å². The summed E-state index contributed by atoms with van der Waals surface area (Å²) in [7, 11) is 2.73. The van der Waals surface area contributed by atoms with Gasteiger partial charge < -0.3 is 14.5 Å². The summed E-state index contributed by atoms with van der Waals surface area (Å²) in [6.07, 6.45) is 0. The fourth-order valence-corrected chi connectivity index (χ4v) is 1.71. The van der Waals surface area contributed by atoms with Crippen molar-refractivity contribution in [3.05, 3.63) is 35.4 Å². The lowest BCUT2D eigenvalue weighted by Gasteiger charge is -2.02. The van der Waals surface area contributed by atoms with Crippen molar-refractivity contribution in [2.75, 3.05) is 14.2 Å². The van der Waals surface area contributed by atoms with Crippen LogP contribution in [-0.2, 0) is 4.74 Å². The van der Waals surface area contributed by atoms with Crippen LogP contribution in [0.4, 0.5) is 4.39 Å². The average molecular weight is 264 g/mol. The summed E-state index contributed by atoms with van der Waals surface area (Å²) < 4.78 is 23.0. The Hall–Kier alpha value is -2.37. The minimum atomic E-state index is -0.539. The molecule has 0 amide bonds. The number of aryl methyl sites for hydroxylation is 1. The summed E-state index contributed by atoms with van der Waals surface area (Å²) in [4.78, 5) is 18.5. The first-order valence-electron chi connectivity index (χ1n) is 5.55. The van der Waals surface area contributed by atoms with Gasteiger partial charge in [0.1, 0.15) is 17.4 Å². The number of rotatable bonds is 3. The van der Waals surface area contributed by atoms with E-state index < -0.39 is 11.8 Å². The van der Waals surface area contributed by atoms with Crippen molar-refractivity contribution in [2.45, 2.75) is 6.92 Å². The van der Waals surface area contributed by atoms with Gasteiger partial charge in [-0.3, -0.25) is 0 Å². The third kappa shape index (κ3) is 2.57. The van der Waals surface area contributed by atoms with Crippen LogP contribution in [0.2, 0.25) is 0 Å². The number of aromatic nitrogens is 2. The number of benzene rings is 1. The lowest BCUT2D eigenvalue weighted by molar-refractivity contribution is 0.0594. The molecule has 0 bridgehead atoms. The van der Waals surface area contributed by atoms with Crippen LogP contribution in [0.3, 0.4) is 0 Å². The standard InChI is InChI=1S/C13H13FN2O3/c1-7-11(13(17)19-3)16-12(15-7)8-4-9(14)6-10(5-8)18-2/h4-6H,1-3H3,(H,15,16). The minimum Gasteiger partial charge on any atom is -0.497 e. The molecule has 0 fully saturated rings. The predicted octanol–water partition coefficient (Wildman–Crippen LogP) is 2.32. The number of hydrogen-bond acceptors (Lipinski definition) is 4. The molecular formula is C13H13FN2O3. The third-order valence-corrected chi connectivity index (χ3v) is 2.64. The van der Waals surface area contributed by atoms with Crippen LogP contribution in [0.5, 0.6) is 5.75 Å². The van der Waals surface area contributed by atoms with E-state index in [2.05, 4.69) is 14.7 Å². The maximum Gasteiger partial charge on any atom is 0.358 e. The number of hydrogen-bond donors (Lipinski definition) is 1. The fourth-order valence-electron chi connectivity index (χ4n) is 1.71. The molecule has 0 aliphatic rings. The van der Waals surface area contributed by atoms with Crippen LogP contribution in [0.15, 0.2) is 18.2 Å². The van der Waals surface area contributed by atoms with Gasteiger partial charge in [0.05, 0.1) is 14.2 Å². The predicted molar refractivity (Wildman–Crippen MR) is 66.6 cm³/mol. The molecule has 100 valence electrons. The summed E-state index contributed by atoms with van der Waals surface area (Å²) in [5.41, 5.74) is 1.24. The van der Waals surface area contributed by atoms with E-state index in [1.54, 1.807) is 13.0 Å². The van der Waals surface area contributed by atoms with Gasteiger partial charge in [0, 0.05) is 17.3 Å². The number of carbonyl (C=O) groups excluding carboxylic acids is 1. The molecule has 0 saturated carbocycles. The zero-order valence-corrected chi connectivity index (χ0v) is 10.8. The SMILES string of the molecule is COC(=O)c1nc(-c2cc(F)cc(OC)c2)[nH]c1C. The Morgan fingerprint density at radius 2 is 2.05 bits per heavy atom. The van der Waals surface area contributed by atoms with E-state index in [4.69, 9.17) is 4.74 Å². The Morgan fingerprint density at radius 3 is 2.68 bits per heavy atom. The van der Waals surface area contributed by atoms with Gasteiger partial charge in [-0.05, 0) is 19.1 Å². The molecule has 1 aromatic heterocycles. The summed E-state index contributed by atoms with van der Waals surface area (Å²) >= 11 is 0. The number of aromatic amines is 1. The van der Waals surface area contributed by atoms with Crippen molar-refractivity contribution in [1.82, 2.24) is 9.97 Å². The Morgan fingerprint density at radius 1 is 1.32 bits per heavy atom. The van der Waals surface area contributed by atoms with Crippen molar-refractivity contribution in [1.29, 1.82) is 0 Å². The molecule has 0 radical (unpaired) electrons. The highest BCUT2D eigenvalue weighted by Gasteiger charge is 2.16. The first-order chi connectivity index (χ1) is 9.05. The van der Waals surface area contributed by atoms with Crippen LogP contribution >= 0.6 is 0 Å². The molecule has 1 aromatic carbocycles. The number of nitrogens with zero attached hydrogens (tertiary/aromatic N) is 1. The highest BCUT2D eigenvalue weighted by molar-refractivity contribution is 5.89. The second-order valence-electron chi connectivity index (χ2n) is 3.93. The first-order valence-corrected chi connectivity index (χ1v) is 5.55. The average Bonchev–Trinajstić information content (AvgIpc) is 2.79. The van der Waals surface area contributed by atoms with Crippen LogP contribution in [0, 0.1) is 12.7 Å². The normalized spacial score (nSPS) is 10.3. The van der Waals surface area contributed by atoms with Crippen molar-refractivity contribution >= 4 is 5.97 Å². The van der Waals surface area contributed by atoms with E-state index in [1.165, 1.54) is 26.4 Å². The van der Waals surface area contributed by atoms with Gasteiger partial charge in [-0.2, -0.15) is 0 Å². The second-order valence-corrected chi connectivity index (χ2v) is 3.93. The molecule has 2 aromatic rings. The molecule has 5 nitrogen and oxygen atoms in total. The molecule has 1 heterocycles. The number of carbonyl (C=O) groups is 1. The van der Waals surface area contributed by atoms with Crippen molar-refractivity contribution < 1.29 is 18.7 Å². The molecule has 19 heavy (non-hydrogen) atoms. The maximum absolute atomic E-state index is 13.4. The Balaban J connectivity index is 2.48. The van der Waals surface area contributed by atoms with Gasteiger partial charge in [-0.1, -0.05) is 0 Å². The number of ether oxygens (including phenoxy) is 2. The molecular weight excluding hydrogens is 251 g/mol. The Kier molecular flexibility index (Phi) is 3.50. The number of halogens is 1. The lowest BCUT2D eigenvalue weighted by atomic mass is 10.2. The van der Waals surface area contributed by atoms with Crippen molar-refractivity contribution in [3.8, 4) is 17.1 Å². The quantitative estimate of drug-likeness (QED) is 0.864. The molecule has 0 aliphatic carbocycles. The topological polar surface area (TPSA) is 64.2 Å². The van der Waals surface area contributed by atoms with Gasteiger partial charge >= 0.3 is 5.97 Å². The molecule has 1 N–H and O–H groups in total. The smallest absolute Gasteiger partial charge is 0.358 e. The summed E-state index contributed by atoms with van der Waals surface area (Å²) in [6.45, 7) is 1.69. The largest absolute Gasteiger partial charge is 0.497 e. The molecule has 2 rings (SSSR count). The van der Waals surface area contributed by atoms with Gasteiger partial charge in [-0.25, -0.2) is 14.2 Å². The monoisotopic (exact) mass is 264 g/mol. The number of nitrogens with one attached hydrogen (secondary N) is 1. The highest BCUT2D eigenvalue weighted by atomic mass is 19.1. The number of imidazole rings is 1. The van der Waals surface area contributed by atoms with Gasteiger partial charge in [0.2, 0.25) is 0 Å². The van der Waals surface area contributed by atoms with E-state index in [0.717, 1.165) is 0 Å². The summed E-state index contributed by atoms with van der Waals surface area (Å²) in [5, 5.41) is 0. The van der Waals surface area contributed by atoms with Gasteiger partial charge in [0.15, 0.2) is 5.69 Å². The number of esters is 1. The van der Waals surface area contributed by atoms with Crippen LogP contribution in [0.25, 0.3) is 11.4 Å². The third-order valence-electron chi connectivity index (χ3n) is 2.64. The van der Waals surface area contributed by atoms with Crippen LogP contribution < -0.4 is 4.74 Å². The van der Waals surface area contributed by atoms with Crippen LogP contribution in [-0.4, -0.2) is 30.2 Å². The molecule has 6 heteroatoms. The minimum absolute atomic E-state index is 0.181. The maximum atomic E-state index is 13.4. The Labute approximate surface area is 109 Å². The lowest BCUT2D eigenvalue weighted by Crippen LogP contribution is -2.03. The van der Waals surface area contributed by atoms with Crippen molar-refractivity contribution in [3.63, 3.8) is 0 Å². The fraction of sp³-hybridized carbons (Fsp3) is 0.231. The van der Waals surface area contributed by atoms with E-state index in [-0.39, 0.29) is 5.69 Å². The zero-order valence-electron chi connectivity index (χ0n) is 10.8. The van der Waals surface area contributed by atoms with Gasteiger partial charge in [-0.15, -0.1) is 0 Å². The Bertz CT molecular complexity index is 622. The van der Waals surface area contributed by atoms with E-state index in [1.807, 2.05) is 0 Å². The highest BCUT2D eigenvalue weighted by Crippen LogP contribution is 2.24. The summed E-state index contributed by atoms with van der Waals surface area (Å²) in [6, 6.07) is 4.20. The zero-order chi connectivity index (χ0) is 14.0. The molecule has 0 aliphatic heterocycles. The van der Waals surface area contributed by atoms with Crippen molar-refractivity contribution in [2.24, 2.45) is 0 Å². The first kappa shape index (κ1) is 13.1. The number of methoxy groups -OCH3 is 2. The molecule has 0 spiro atoms. The van der Waals surface area contributed by atoms with E-state index in [0.29, 0.717) is 22.8 Å². The van der Waals surface area contributed by atoms with Crippen LogP contribution in [0.1, 0.15) is 16.2 Å². The summed E-state index contributed by atoms with van der Waals surface area (Å²) in [5.74, 6) is -0.217. The van der Waals surface area contributed by atoms with E-state index >= 15 is 0 Å². The second kappa shape index (κ2) is 5.09. The number of H-pyrrole nitrogens is 1. The van der Waals surface area contributed by atoms with E-state index in [9.17, 15) is 9.18 Å². The molecule has 0 unspecified atom stereocenters. The molecule has 0 saturated heterocycles. The molecule has 0 atom stereocenters.